The first-order valence-corrected chi connectivity index (χ1v) is 11.6. The van der Waals surface area contributed by atoms with Crippen LogP contribution in [0.4, 0.5) is 5.69 Å². The SMILES string of the molecule is CCCCn1nc(C)c(/C=C/C(=O)N2CCN(CC(=O)Nc3ccccc3Cl)CC2)c1Cl. The quantitative estimate of drug-likeness (QED) is 0.581. The van der Waals surface area contributed by atoms with Gasteiger partial charge in [0.1, 0.15) is 5.15 Å². The summed E-state index contributed by atoms with van der Waals surface area (Å²) in [5.41, 5.74) is 2.19. The highest BCUT2D eigenvalue weighted by molar-refractivity contribution is 6.33. The van der Waals surface area contributed by atoms with Crippen LogP contribution in [0.5, 0.6) is 0 Å². The maximum atomic E-state index is 12.6. The summed E-state index contributed by atoms with van der Waals surface area (Å²) in [5.74, 6) is -0.190. The molecule has 9 heteroatoms. The van der Waals surface area contributed by atoms with Crippen molar-refractivity contribution in [3.8, 4) is 0 Å². The summed E-state index contributed by atoms with van der Waals surface area (Å²) in [6.07, 6.45) is 5.37. The number of aromatic nitrogens is 2. The number of nitrogens with zero attached hydrogens (tertiary/aromatic N) is 4. The smallest absolute Gasteiger partial charge is 0.246 e. The van der Waals surface area contributed by atoms with Gasteiger partial charge in [0.05, 0.1) is 22.9 Å². The molecule has 1 aromatic heterocycles. The topological polar surface area (TPSA) is 70.5 Å². The third-order valence-electron chi connectivity index (χ3n) is 5.42. The molecule has 7 nitrogen and oxygen atoms in total. The van der Waals surface area contributed by atoms with E-state index in [0.717, 1.165) is 30.6 Å². The van der Waals surface area contributed by atoms with Crippen LogP contribution in [-0.4, -0.2) is 64.1 Å². The lowest BCUT2D eigenvalue weighted by Crippen LogP contribution is -2.50. The van der Waals surface area contributed by atoms with Gasteiger partial charge in [-0.1, -0.05) is 48.7 Å². The van der Waals surface area contributed by atoms with Gasteiger partial charge in [-0.15, -0.1) is 0 Å². The standard InChI is InChI=1S/C23H29Cl2N5O2/c1-3-4-11-30-23(25)18(17(2)27-30)9-10-22(32)29-14-12-28(13-15-29)16-21(31)26-20-8-6-5-7-19(20)24/h5-10H,3-4,11-16H2,1-2H3,(H,26,31)/b10-9+. The van der Waals surface area contributed by atoms with Crippen molar-refractivity contribution in [2.45, 2.75) is 33.2 Å². The zero-order valence-electron chi connectivity index (χ0n) is 18.5. The predicted molar refractivity (Wildman–Crippen MR) is 129 cm³/mol. The average molecular weight is 478 g/mol. The maximum absolute atomic E-state index is 12.6. The number of carbonyl (C=O) groups is 2. The number of para-hydroxylation sites is 1. The molecule has 2 aromatic rings. The van der Waals surface area contributed by atoms with E-state index in [-0.39, 0.29) is 18.4 Å². The van der Waals surface area contributed by atoms with E-state index < -0.39 is 0 Å². The van der Waals surface area contributed by atoms with Gasteiger partial charge in [0.2, 0.25) is 11.8 Å². The molecule has 0 aliphatic carbocycles. The van der Waals surface area contributed by atoms with Crippen molar-refractivity contribution in [1.29, 1.82) is 0 Å². The first-order valence-electron chi connectivity index (χ1n) is 10.9. The molecule has 1 aromatic carbocycles. The number of anilines is 1. The number of nitrogens with one attached hydrogen (secondary N) is 1. The summed E-state index contributed by atoms with van der Waals surface area (Å²) in [5, 5.41) is 8.37. The zero-order chi connectivity index (χ0) is 23.1. The maximum Gasteiger partial charge on any atom is 0.246 e. The van der Waals surface area contributed by atoms with Crippen molar-refractivity contribution in [2.75, 3.05) is 38.0 Å². The molecule has 172 valence electrons. The Labute approximate surface area is 199 Å². The highest BCUT2D eigenvalue weighted by Crippen LogP contribution is 2.22. The third-order valence-corrected chi connectivity index (χ3v) is 6.15. The average Bonchev–Trinajstić information content (AvgIpc) is 3.05. The zero-order valence-corrected chi connectivity index (χ0v) is 20.0. The molecular formula is C23H29Cl2N5O2. The van der Waals surface area contributed by atoms with E-state index in [4.69, 9.17) is 23.2 Å². The molecule has 0 bridgehead atoms. The Hall–Kier alpha value is -2.35. The van der Waals surface area contributed by atoms with E-state index in [1.165, 1.54) is 0 Å². The Bertz CT molecular complexity index is 981. The molecule has 0 radical (unpaired) electrons. The van der Waals surface area contributed by atoms with E-state index in [1.807, 2.05) is 24.0 Å². The van der Waals surface area contributed by atoms with Gasteiger partial charge in [0.25, 0.3) is 0 Å². The summed E-state index contributed by atoms with van der Waals surface area (Å²) in [7, 11) is 0. The van der Waals surface area contributed by atoms with E-state index in [1.54, 1.807) is 33.9 Å². The van der Waals surface area contributed by atoms with Crippen LogP contribution >= 0.6 is 23.2 Å². The first kappa shape index (κ1) is 24.3. The van der Waals surface area contributed by atoms with Crippen LogP contribution in [-0.2, 0) is 16.1 Å². The van der Waals surface area contributed by atoms with Crippen LogP contribution in [0.25, 0.3) is 6.08 Å². The molecular weight excluding hydrogens is 449 g/mol. The molecule has 1 N–H and O–H groups in total. The molecule has 3 rings (SSSR count). The Morgan fingerprint density at radius 3 is 2.56 bits per heavy atom. The van der Waals surface area contributed by atoms with Gasteiger partial charge < -0.3 is 10.2 Å². The first-order chi connectivity index (χ1) is 15.4. The lowest BCUT2D eigenvalue weighted by molar-refractivity contribution is -0.127. The largest absolute Gasteiger partial charge is 0.337 e. The second kappa shape index (κ2) is 11.5. The molecule has 2 amide bonds. The fourth-order valence-electron chi connectivity index (χ4n) is 3.55. The van der Waals surface area contributed by atoms with Gasteiger partial charge in [0, 0.05) is 44.4 Å². The second-order valence-corrected chi connectivity index (χ2v) is 8.59. The Morgan fingerprint density at radius 2 is 1.88 bits per heavy atom. The lowest BCUT2D eigenvalue weighted by Gasteiger charge is -2.33. The van der Waals surface area contributed by atoms with E-state index in [9.17, 15) is 9.59 Å². The van der Waals surface area contributed by atoms with Gasteiger partial charge in [-0.25, -0.2) is 0 Å². The van der Waals surface area contributed by atoms with Crippen LogP contribution in [0.15, 0.2) is 30.3 Å². The fraction of sp³-hybridized carbons (Fsp3) is 0.435. The number of hydrogen-bond donors (Lipinski definition) is 1. The minimum absolute atomic E-state index is 0.0676. The highest BCUT2D eigenvalue weighted by atomic mass is 35.5. The summed E-state index contributed by atoms with van der Waals surface area (Å²) in [4.78, 5) is 28.8. The van der Waals surface area contributed by atoms with Gasteiger partial charge in [-0.2, -0.15) is 5.10 Å². The van der Waals surface area contributed by atoms with E-state index in [0.29, 0.717) is 42.0 Å². The Balaban J connectivity index is 1.49. The molecule has 0 atom stereocenters. The molecule has 32 heavy (non-hydrogen) atoms. The van der Waals surface area contributed by atoms with Gasteiger partial charge in [-0.3, -0.25) is 19.2 Å². The van der Waals surface area contributed by atoms with Crippen LogP contribution < -0.4 is 5.32 Å². The van der Waals surface area contributed by atoms with Crippen molar-refractivity contribution in [2.24, 2.45) is 0 Å². The lowest BCUT2D eigenvalue weighted by atomic mass is 10.2. The molecule has 0 saturated carbocycles. The number of unbranched alkanes of at least 4 members (excludes halogenated alkanes) is 1. The summed E-state index contributed by atoms with van der Waals surface area (Å²) < 4.78 is 1.79. The summed E-state index contributed by atoms with van der Waals surface area (Å²) in [6, 6.07) is 7.14. The number of aryl methyl sites for hydroxylation is 2. The fourth-order valence-corrected chi connectivity index (χ4v) is 4.06. The van der Waals surface area contributed by atoms with Crippen molar-refractivity contribution in [1.82, 2.24) is 19.6 Å². The predicted octanol–water partition coefficient (Wildman–Crippen LogP) is 4.09. The minimum atomic E-state index is -0.122. The second-order valence-electron chi connectivity index (χ2n) is 7.83. The van der Waals surface area contributed by atoms with Crippen LogP contribution in [0.1, 0.15) is 31.0 Å². The van der Waals surface area contributed by atoms with Crippen LogP contribution in [0.2, 0.25) is 10.2 Å². The normalized spacial score (nSPS) is 14.8. The number of piperazine rings is 1. The van der Waals surface area contributed by atoms with Gasteiger partial charge >= 0.3 is 0 Å². The van der Waals surface area contributed by atoms with E-state index in [2.05, 4.69) is 17.3 Å². The monoisotopic (exact) mass is 477 g/mol. The summed E-state index contributed by atoms with van der Waals surface area (Å²) in [6.45, 7) is 7.42. The number of rotatable bonds is 8. The van der Waals surface area contributed by atoms with Crippen molar-refractivity contribution in [3.63, 3.8) is 0 Å². The summed E-state index contributed by atoms with van der Waals surface area (Å²) >= 11 is 12.5. The van der Waals surface area contributed by atoms with Gasteiger partial charge in [0.15, 0.2) is 0 Å². The van der Waals surface area contributed by atoms with E-state index >= 15 is 0 Å². The number of hydrogen-bond acceptors (Lipinski definition) is 4. The van der Waals surface area contributed by atoms with Gasteiger partial charge in [-0.05, 0) is 31.6 Å². The Morgan fingerprint density at radius 1 is 1.16 bits per heavy atom. The third kappa shape index (κ3) is 6.34. The molecule has 1 saturated heterocycles. The number of halogens is 2. The minimum Gasteiger partial charge on any atom is -0.337 e. The molecule has 1 aliphatic rings. The van der Waals surface area contributed by atoms with Crippen LogP contribution in [0.3, 0.4) is 0 Å². The van der Waals surface area contributed by atoms with Crippen molar-refractivity contribution < 1.29 is 9.59 Å². The number of amides is 2. The molecule has 1 fully saturated rings. The Kier molecular flexibility index (Phi) is 8.73. The molecule has 1 aliphatic heterocycles. The number of benzene rings is 1. The molecule has 0 unspecified atom stereocenters. The molecule has 2 heterocycles. The molecule has 0 spiro atoms. The van der Waals surface area contributed by atoms with Crippen molar-refractivity contribution in [3.05, 3.63) is 51.8 Å². The van der Waals surface area contributed by atoms with Crippen LogP contribution in [0, 0.1) is 6.92 Å². The highest BCUT2D eigenvalue weighted by Gasteiger charge is 2.22. The number of carbonyl (C=O) groups excluding carboxylic acids is 2. The van der Waals surface area contributed by atoms with Crippen molar-refractivity contribution >= 4 is 46.8 Å².